The lowest BCUT2D eigenvalue weighted by Gasteiger charge is -2.24. The molecule has 10 heteroatoms. The number of carbonyl (C=O) groups is 3. The molecule has 0 radical (unpaired) electrons. The highest BCUT2D eigenvalue weighted by molar-refractivity contribution is 7.98. The van der Waals surface area contributed by atoms with Crippen LogP contribution in [0.15, 0.2) is 0 Å². The summed E-state index contributed by atoms with van der Waals surface area (Å²) in [5.41, 5.74) is 0. The molecule has 20 heavy (non-hydrogen) atoms. The maximum Gasteiger partial charge on any atom is 0.471 e. The highest BCUT2D eigenvalue weighted by Gasteiger charge is 2.41. The van der Waals surface area contributed by atoms with Crippen LogP contribution in [-0.2, 0) is 14.4 Å². The number of halogens is 3. The van der Waals surface area contributed by atoms with Gasteiger partial charge < -0.3 is 15.3 Å². The molecular formula is C10H15F3N2O4S. The van der Waals surface area contributed by atoms with Crippen molar-refractivity contribution in [3.05, 3.63) is 0 Å². The maximum absolute atomic E-state index is 12.1. The zero-order valence-electron chi connectivity index (χ0n) is 10.9. The molecule has 2 amide bonds. The molecule has 0 aliphatic carbocycles. The van der Waals surface area contributed by atoms with Gasteiger partial charge in [-0.15, -0.1) is 0 Å². The van der Waals surface area contributed by atoms with Gasteiger partial charge in [-0.2, -0.15) is 24.9 Å². The molecule has 0 aromatic heterocycles. The second kappa shape index (κ2) is 7.98. The molecule has 0 saturated carbocycles. The number of thioether (sulfide) groups is 1. The van der Waals surface area contributed by atoms with Crippen LogP contribution in [0.25, 0.3) is 0 Å². The summed E-state index contributed by atoms with van der Waals surface area (Å²) in [4.78, 5) is 34.0. The Labute approximate surface area is 117 Å². The van der Waals surface area contributed by atoms with Crippen LogP contribution < -0.4 is 5.32 Å². The largest absolute Gasteiger partial charge is 0.481 e. The molecule has 0 rings (SSSR count). The predicted molar refractivity (Wildman–Crippen MR) is 66.3 cm³/mol. The van der Waals surface area contributed by atoms with Gasteiger partial charge in [0.15, 0.2) is 0 Å². The average molecular weight is 316 g/mol. The number of carbonyl (C=O) groups excluding carboxylic acids is 2. The van der Waals surface area contributed by atoms with E-state index in [-0.39, 0.29) is 18.7 Å². The SMILES string of the molecule is CSCC(NC(=O)C(F)(F)F)C(=O)N(C)CCC(=O)O. The van der Waals surface area contributed by atoms with E-state index in [9.17, 15) is 27.6 Å². The van der Waals surface area contributed by atoms with Crippen LogP contribution in [0.3, 0.4) is 0 Å². The Morgan fingerprint density at radius 2 is 1.90 bits per heavy atom. The fourth-order valence-electron chi connectivity index (χ4n) is 1.22. The number of hydrogen-bond acceptors (Lipinski definition) is 4. The lowest BCUT2D eigenvalue weighted by molar-refractivity contribution is -0.174. The van der Waals surface area contributed by atoms with E-state index in [1.165, 1.54) is 7.05 Å². The van der Waals surface area contributed by atoms with Crippen LogP contribution in [0.1, 0.15) is 6.42 Å². The van der Waals surface area contributed by atoms with Crippen molar-refractivity contribution in [3.63, 3.8) is 0 Å². The molecule has 1 unspecified atom stereocenters. The smallest absolute Gasteiger partial charge is 0.471 e. The molecule has 0 spiro atoms. The van der Waals surface area contributed by atoms with Gasteiger partial charge in [-0.25, -0.2) is 0 Å². The fourth-order valence-corrected chi connectivity index (χ4v) is 1.78. The molecule has 2 N–H and O–H groups in total. The molecule has 6 nitrogen and oxygen atoms in total. The number of amides is 2. The van der Waals surface area contributed by atoms with Crippen molar-refractivity contribution in [2.24, 2.45) is 0 Å². The van der Waals surface area contributed by atoms with Crippen LogP contribution >= 0.6 is 11.8 Å². The summed E-state index contributed by atoms with van der Waals surface area (Å²) in [6, 6.07) is -1.35. The topological polar surface area (TPSA) is 86.7 Å². The normalized spacial score (nSPS) is 12.7. The molecule has 0 aromatic rings. The monoisotopic (exact) mass is 316 g/mol. The molecule has 0 aliphatic rings. The molecule has 0 aromatic carbocycles. The van der Waals surface area contributed by atoms with Gasteiger partial charge >= 0.3 is 18.1 Å². The van der Waals surface area contributed by atoms with Crippen LogP contribution in [-0.4, -0.2) is 65.6 Å². The molecular weight excluding hydrogens is 301 g/mol. The van der Waals surface area contributed by atoms with Gasteiger partial charge in [0.1, 0.15) is 6.04 Å². The Bertz CT molecular complexity index is 376. The van der Waals surface area contributed by atoms with Gasteiger partial charge in [0.05, 0.1) is 6.42 Å². The van der Waals surface area contributed by atoms with E-state index >= 15 is 0 Å². The Hall–Kier alpha value is -1.45. The Kier molecular flexibility index (Phi) is 7.40. The first-order chi connectivity index (χ1) is 9.09. The van der Waals surface area contributed by atoms with Crippen molar-refractivity contribution in [1.29, 1.82) is 0 Å². The molecule has 0 saturated heterocycles. The van der Waals surface area contributed by atoms with Crippen LogP contribution in [0, 0.1) is 0 Å². The van der Waals surface area contributed by atoms with Crippen molar-refractivity contribution in [2.75, 3.05) is 25.6 Å². The molecule has 116 valence electrons. The Morgan fingerprint density at radius 3 is 2.30 bits per heavy atom. The van der Waals surface area contributed by atoms with Gasteiger partial charge in [-0.1, -0.05) is 0 Å². The summed E-state index contributed by atoms with van der Waals surface area (Å²) in [6.45, 7) is -0.152. The first-order valence-electron chi connectivity index (χ1n) is 5.43. The van der Waals surface area contributed by atoms with Crippen LogP contribution in [0.2, 0.25) is 0 Å². The molecule has 0 bridgehead atoms. The number of carboxylic acids is 1. The van der Waals surface area contributed by atoms with Crippen molar-refractivity contribution in [3.8, 4) is 0 Å². The Morgan fingerprint density at radius 1 is 1.35 bits per heavy atom. The number of aliphatic carboxylic acids is 1. The summed E-state index contributed by atoms with van der Waals surface area (Å²) in [6.07, 6.45) is -3.84. The third-order valence-electron chi connectivity index (χ3n) is 2.23. The number of hydrogen-bond donors (Lipinski definition) is 2. The van der Waals surface area contributed by atoms with E-state index in [1.54, 1.807) is 11.6 Å². The minimum absolute atomic E-state index is 0.0436. The molecule has 0 fully saturated rings. The number of likely N-dealkylation sites (N-methyl/N-ethyl adjacent to an activating group) is 1. The predicted octanol–water partition coefficient (Wildman–Crippen LogP) is 0.330. The van der Waals surface area contributed by atoms with E-state index in [0.29, 0.717) is 0 Å². The molecule has 0 heterocycles. The van der Waals surface area contributed by atoms with Gasteiger partial charge in [-0.3, -0.25) is 14.4 Å². The second-order valence-electron chi connectivity index (χ2n) is 3.88. The first-order valence-corrected chi connectivity index (χ1v) is 6.82. The minimum Gasteiger partial charge on any atom is -0.481 e. The van der Waals surface area contributed by atoms with Crippen molar-refractivity contribution in [1.82, 2.24) is 10.2 Å². The van der Waals surface area contributed by atoms with Crippen molar-refractivity contribution in [2.45, 2.75) is 18.6 Å². The lowest BCUT2D eigenvalue weighted by atomic mass is 10.2. The van der Waals surface area contributed by atoms with Gasteiger partial charge in [0, 0.05) is 19.3 Å². The van der Waals surface area contributed by atoms with Crippen molar-refractivity contribution < 1.29 is 32.7 Å². The highest BCUT2D eigenvalue weighted by Crippen LogP contribution is 2.15. The zero-order valence-corrected chi connectivity index (χ0v) is 11.7. The highest BCUT2D eigenvalue weighted by atomic mass is 32.2. The zero-order chi connectivity index (χ0) is 15.9. The number of alkyl halides is 3. The summed E-state index contributed by atoms with van der Waals surface area (Å²) in [7, 11) is 1.26. The van der Waals surface area contributed by atoms with Gasteiger partial charge in [0.25, 0.3) is 0 Å². The number of carboxylic acid groups (broad SMARTS) is 1. The Balaban J connectivity index is 4.69. The number of nitrogens with zero attached hydrogens (tertiary/aromatic N) is 1. The second-order valence-corrected chi connectivity index (χ2v) is 4.79. The van der Waals surface area contributed by atoms with Crippen LogP contribution in [0.4, 0.5) is 13.2 Å². The fraction of sp³-hybridized carbons (Fsp3) is 0.700. The third-order valence-corrected chi connectivity index (χ3v) is 2.90. The van der Waals surface area contributed by atoms with E-state index in [4.69, 9.17) is 5.11 Å². The quantitative estimate of drug-likeness (QED) is 0.707. The standard InChI is InChI=1S/C10H15F3N2O4S/c1-15(4-3-7(16)17)8(18)6(5-20-2)14-9(19)10(11,12)13/h6H,3-5H2,1-2H3,(H,14,19)(H,16,17). The minimum atomic E-state index is -5.07. The number of nitrogens with one attached hydrogen (secondary N) is 1. The van der Waals surface area contributed by atoms with E-state index in [1.807, 2.05) is 0 Å². The van der Waals surface area contributed by atoms with E-state index in [2.05, 4.69) is 0 Å². The first kappa shape index (κ1) is 18.6. The maximum atomic E-state index is 12.1. The van der Waals surface area contributed by atoms with Gasteiger partial charge in [-0.05, 0) is 6.26 Å². The molecule has 0 aliphatic heterocycles. The van der Waals surface area contributed by atoms with Crippen molar-refractivity contribution >= 4 is 29.5 Å². The van der Waals surface area contributed by atoms with E-state index in [0.717, 1.165) is 16.7 Å². The van der Waals surface area contributed by atoms with E-state index < -0.39 is 30.0 Å². The summed E-state index contributed by atoms with van der Waals surface area (Å²) in [5.74, 6) is -4.14. The summed E-state index contributed by atoms with van der Waals surface area (Å²) < 4.78 is 36.4. The molecule has 1 atom stereocenters. The van der Waals surface area contributed by atoms with Gasteiger partial charge in [0.2, 0.25) is 5.91 Å². The number of rotatable bonds is 7. The third kappa shape index (κ3) is 6.64. The lowest BCUT2D eigenvalue weighted by Crippen LogP contribution is -2.52. The average Bonchev–Trinajstić information content (AvgIpc) is 2.33. The summed E-state index contributed by atoms with van der Waals surface area (Å²) >= 11 is 1.09. The summed E-state index contributed by atoms with van der Waals surface area (Å²) in [5, 5.41) is 10.1. The van der Waals surface area contributed by atoms with Crippen LogP contribution in [0.5, 0.6) is 0 Å².